The Morgan fingerprint density at radius 3 is 2.88 bits per heavy atom. The third-order valence-corrected chi connectivity index (χ3v) is 5.43. The fourth-order valence-electron chi connectivity index (χ4n) is 1.48. The molecule has 1 aliphatic heterocycles. The molecule has 0 amide bonds. The van der Waals surface area contributed by atoms with E-state index in [-0.39, 0.29) is 21.1 Å². The summed E-state index contributed by atoms with van der Waals surface area (Å²) >= 11 is 1.02. The quantitative estimate of drug-likeness (QED) is 0.761. The average molecular weight is 260 g/mol. The molecule has 0 radical (unpaired) electrons. The van der Waals surface area contributed by atoms with Crippen LogP contribution < -0.4 is 0 Å². The number of rotatable bonds is 1. The van der Waals surface area contributed by atoms with Crippen LogP contribution in [0.5, 0.6) is 0 Å². The molecule has 0 unspecified atom stereocenters. The molecule has 5 nitrogen and oxygen atoms in total. The van der Waals surface area contributed by atoms with Crippen LogP contribution >= 0.6 is 11.3 Å². The van der Waals surface area contributed by atoms with E-state index in [0.29, 0.717) is 0 Å². The molecule has 1 aromatic rings. The van der Waals surface area contributed by atoms with Gasteiger partial charge in [-0.05, 0) is 11.4 Å². The van der Waals surface area contributed by atoms with Crippen LogP contribution in [0.4, 0.5) is 0 Å². The van der Waals surface area contributed by atoms with Gasteiger partial charge in [0.05, 0.1) is 18.4 Å². The summed E-state index contributed by atoms with van der Waals surface area (Å²) in [6.45, 7) is 0. The van der Waals surface area contributed by atoms with Gasteiger partial charge in [0.15, 0.2) is 9.84 Å². The third kappa shape index (κ3) is 1.52. The Balaban J connectivity index is 2.68. The number of esters is 1. The second kappa shape index (κ2) is 3.60. The number of carbonyl (C=O) groups excluding carboxylic acids is 1. The zero-order valence-corrected chi connectivity index (χ0v) is 9.89. The molecule has 1 N–H and O–H groups in total. The molecule has 0 atom stereocenters. The standard InChI is InChI=1S/C9H8O5S2/c1-14-8(11)6-4-16(12,13)9-5(7(6)10)2-3-15-9/h2-3,10H,4H2,1H3. The van der Waals surface area contributed by atoms with Crippen molar-refractivity contribution in [3.8, 4) is 0 Å². The van der Waals surface area contributed by atoms with E-state index >= 15 is 0 Å². The Morgan fingerprint density at radius 1 is 1.56 bits per heavy atom. The van der Waals surface area contributed by atoms with Crippen LogP contribution in [0.15, 0.2) is 21.2 Å². The molecule has 2 heterocycles. The van der Waals surface area contributed by atoms with Gasteiger partial charge in [-0.1, -0.05) is 0 Å². The zero-order chi connectivity index (χ0) is 11.9. The van der Waals surface area contributed by atoms with Gasteiger partial charge in [-0.3, -0.25) is 0 Å². The number of carbonyl (C=O) groups is 1. The van der Waals surface area contributed by atoms with Crippen molar-refractivity contribution in [2.45, 2.75) is 4.21 Å². The van der Waals surface area contributed by atoms with E-state index in [1.807, 2.05) is 0 Å². The van der Waals surface area contributed by atoms with Crippen LogP contribution in [0.25, 0.3) is 5.76 Å². The monoisotopic (exact) mass is 260 g/mol. The highest BCUT2D eigenvalue weighted by Gasteiger charge is 2.34. The van der Waals surface area contributed by atoms with Crippen molar-refractivity contribution in [2.24, 2.45) is 0 Å². The minimum atomic E-state index is -3.54. The molecule has 7 heteroatoms. The van der Waals surface area contributed by atoms with Crippen LogP contribution in [0.2, 0.25) is 0 Å². The number of hydrogen-bond acceptors (Lipinski definition) is 6. The van der Waals surface area contributed by atoms with Gasteiger partial charge in [0.2, 0.25) is 0 Å². The molecular formula is C9H8O5S2. The molecule has 0 fully saturated rings. The van der Waals surface area contributed by atoms with Crippen molar-refractivity contribution < 1.29 is 23.1 Å². The van der Waals surface area contributed by atoms with Crippen LogP contribution in [0.3, 0.4) is 0 Å². The summed E-state index contributed by atoms with van der Waals surface area (Å²) in [4.78, 5) is 11.3. The highest BCUT2D eigenvalue weighted by atomic mass is 32.2. The number of ether oxygens (including phenoxy) is 1. The first kappa shape index (κ1) is 11.2. The molecule has 1 aromatic heterocycles. The molecule has 0 saturated carbocycles. The number of hydrogen-bond donors (Lipinski definition) is 1. The predicted octanol–water partition coefficient (Wildman–Crippen LogP) is 0.978. The maximum atomic E-state index is 11.8. The van der Waals surface area contributed by atoms with Crippen molar-refractivity contribution >= 4 is 32.9 Å². The molecule has 16 heavy (non-hydrogen) atoms. The molecule has 0 aliphatic carbocycles. The summed E-state index contributed by atoms with van der Waals surface area (Å²) in [6.07, 6.45) is 0. The van der Waals surface area contributed by atoms with E-state index in [0.717, 1.165) is 18.4 Å². The lowest BCUT2D eigenvalue weighted by atomic mass is 10.1. The molecular weight excluding hydrogens is 252 g/mol. The Kier molecular flexibility index (Phi) is 2.51. The van der Waals surface area contributed by atoms with Gasteiger partial charge < -0.3 is 9.84 Å². The Hall–Kier alpha value is -1.34. The smallest absolute Gasteiger partial charge is 0.338 e. The highest BCUT2D eigenvalue weighted by molar-refractivity contribution is 7.93. The Labute approximate surface area is 95.9 Å². The van der Waals surface area contributed by atoms with E-state index in [2.05, 4.69) is 4.74 Å². The lowest BCUT2D eigenvalue weighted by Gasteiger charge is -2.15. The van der Waals surface area contributed by atoms with Gasteiger partial charge in [0, 0.05) is 5.56 Å². The largest absolute Gasteiger partial charge is 0.507 e. The Morgan fingerprint density at radius 2 is 2.25 bits per heavy atom. The summed E-state index contributed by atoms with van der Waals surface area (Å²) in [5.74, 6) is -1.64. The molecule has 0 bridgehead atoms. The van der Waals surface area contributed by atoms with E-state index in [4.69, 9.17) is 0 Å². The van der Waals surface area contributed by atoms with Gasteiger partial charge in [0.1, 0.15) is 9.97 Å². The summed E-state index contributed by atoms with van der Waals surface area (Å²) in [7, 11) is -2.40. The van der Waals surface area contributed by atoms with Crippen LogP contribution in [0, 0.1) is 0 Å². The minimum absolute atomic E-state index is 0.0950. The lowest BCUT2D eigenvalue weighted by Crippen LogP contribution is -2.21. The number of aliphatic hydroxyl groups is 1. The van der Waals surface area contributed by atoms with Crippen molar-refractivity contribution in [2.75, 3.05) is 12.9 Å². The second-order valence-electron chi connectivity index (χ2n) is 3.20. The van der Waals surface area contributed by atoms with E-state index in [9.17, 15) is 18.3 Å². The number of aliphatic hydroxyl groups excluding tert-OH is 1. The SMILES string of the molecule is COC(=O)C1=C(O)c2ccsc2S(=O)(=O)C1. The topological polar surface area (TPSA) is 80.7 Å². The molecule has 0 aromatic carbocycles. The van der Waals surface area contributed by atoms with Gasteiger partial charge in [-0.25, -0.2) is 13.2 Å². The number of fused-ring (bicyclic) bond motifs is 1. The fourth-order valence-corrected chi connectivity index (χ4v) is 4.29. The van der Waals surface area contributed by atoms with Gasteiger partial charge >= 0.3 is 5.97 Å². The second-order valence-corrected chi connectivity index (χ2v) is 6.30. The maximum absolute atomic E-state index is 11.8. The predicted molar refractivity (Wildman–Crippen MR) is 57.9 cm³/mol. The van der Waals surface area contributed by atoms with Crippen molar-refractivity contribution in [3.63, 3.8) is 0 Å². The molecule has 0 spiro atoms. The van der Waals surface area contributed by atoms with Gasteiger partial charge in [0.25, 0.3) is 0 Å². The Bertz CT molecular complexity index is 579. The fraction of sp³-hybridized carbons (Fsp3) is 0.222. The first-order valence-corrected chi connectivity index (χ1v) is 6.81. The lowest BCUT2D eigenvalue weighted by molar-refractivity contribution is -0.136. The zero-order valence-electron chi connectivity index (χ0n) is 8.26. The molecule has 86 valence electrons. The summed E-state index contributed by atoms with van der Waals surface area (Å²) in [5.41, 5.74) is -0.0370. The van der Waals surface area contributed by atoms with E-state index in [1.54, 1.807) is 5.38 Å². The average Bonchev–Trinajstić information content (AvgIpc) is 2.72. The summed E-state index contributed by atoms with van der Waals surface area (Å²) in [5, 5.41) is 11.3. The molecule has 1 aliphatic rings. The first-order chi connectivity index (χ1) is 7.47. The number of sulfone groups is 1. The number of thiophene rings is 1. The maximum Gasteiger partial charge on any atom is 0.338 e. The van der Waals surface area contributed by atoms with Crippen molar-refractivity contribution in [1.29, 1.82) is 0 Å². The van der Waals surface area contributed by atoms with Crippen LogP contribution in [-0.4, -0.2) is 32.4 Å². The highest BCUT2D eigenvalue weighted by Crippen LogP contribution is 2.35. The van der Waals surface area contributed by atoms with E-state index in [1.165, 1.54) is 6.07 Å². The molecule has 2 rings (SSSR count). The number of methoxy groups -OCH3 is 1. The van der Waals surface area contributed by atoms with Crippen LogP contribution in [0.1, 0.15) is 5.56 Å². The van der Waals surface area contributed by atoms with Crippen molar-refractivity contribution in [1.82, 2.24) is 0 Å². The normalized spacial score (nSPS) is 18.1. The summed E-state index contributed by atoms with van der Waals surface area (Å²) in [6, 6.07) is 1.47. The van der Waals surface area contributed by atoms with Crippen LogP contribution in [-0.2, 0) is 19.4 Å². The van der Waals surface area contributed by atoms with Gasteiger partial charge in [-0.15, -0.1) is 11.3 Å². The van der Waals surface area contributed by atoms with Crippen molar-refractivity contribution in [3.05, 3.63) is 22.6 Å². The van der Waals surface area contributed by atoms with Gasteiger partial charge in [-0.2, -0.15) is 0 Å². The minimum Gasteiger partial charge on any atom is -0.507 e. The van der Waals surface area contributed by atoms with E-state index < -0.39 is 21.6 Å². The third-order valence-electron chi connectivity index (χ3n) is 2.22. The first-order valence-electron chi connectivity index (χ1n) is 4.28. The summed E-state index contributed by atoms with van der Waals surface area (Å²) < 4.78 is 28.1. The molecule has 0 saturated heterocycles.